The van der Waals surface area contributed by atoms with Gasteiger partial charge >= 0.3 is 12.2 Å². The summed E-state index contributed by atoms with van der Waals surface area (Å²) < 4.78 is 50.0. The number of aromatic nitrogens is 1. The number of nitrogens with zero attached hydrogens (tertiary/aromatic N) is 3. The number of pyridine rings is 1. The molecule has 2 heterocycles. The molecule has 0 saturated carbocycles. The Morgan fingerprint density at radius 2 is 2.03 bits per heavy atom. The summed E-state index contributed by atoms with van der Waals surface area (Å²) in [5.41, 5.74) is 5.69. The maximum atomic E-state index is 13.0. The summed E-state index contributed by atoms with van der Waals surface area (Å²) in [4.78, 5) is 22.6. The summed E-state index contributed by atoms with van der Waals surface area (Å²) in [5.74, 6) is 0.986. The van der Waals surface area contributed by atoms with Gasteiger partial charge in [-0.15, -0.1) is 0 Å². The molecule has 2 amide bonds. The van der Waals surface area contributed by atoms with E-state index in [9.17, 15) is 18.0 Å². The van der Waals surface area contributed by atoms with Crippen LogP contribution >= 0.6 is 0 Å². The third-order valence-electron chi connectivity index (χ3n) is 5.37. The lowest BCUT2D eigenvalue weighted by Gasteiger charge is -2.28. The van der Waals surface area contributed by atoms with E-state index in [4.69, 9.17) is 20.3 Å². The zero-order chi connectivity index (χ0) is 27.0. The van der Waals surface area contributed by atoms with Crippen LogP contribution in [0.5, 0.6) is 5.88 Å². The quantitative estimate of drug-likeness (QED) is 0.392. The van der Waals surface area contributed by atoms with Crippen LogP contribution in [0.15, 0.2) is 46.7 Å². The first-order chi connectivity index (χ1) is 17.6. The Morgan fingerprint density at radius 3 is 2.68 bits per heavy atom. The molecule has 1 aliphatic heterocycles. The normalized spacial score (nSPS) is 14.9. The van der Waals surface area contributed by atoms with Crippen molar-refractivity contribution < 1.29 is 32.5 Å². The van der Waals surface area contributed by atoms with Crippen LogP contribution in [-0.4, -0.2) is 75.1 Å². The van der Waals surface area contributed by atoms with Gasteiger partial charge < -0.3 is 35.8 Å². The first-order valence-electron chi connectivity index (χ1n) is 11.4. The lowest BCUT2D eigenvalue weighted by molar-refractivity contribution is -0.0933. The fourth-order valence-corrected chi connectivity index (χ4v) is 3.57. The van der Waals surface area contributed by atoms with Gasteiger partial charge in [-0.3, -0.25) is 4.99 Å². The number of allylic oxidation sites excluding steroid dienone is 2. The fourth-order valence-electron chi connectivity index (χ4n) is 3.57. The number of aryl methyl sites for hydroxylation is 1. The van der Waals surface area contributed by atoms with E-state index in [0.717, 1.165) is 22.9 Å². The number of alkyl halides is 3. The largest absolute Gasteiger partial charge is 0.475 e. The van der Waals surface area contributed by atoms with Gasteiger partial charge in [0.05, 0.1) is 25.5 Å². The maximum absolute atomic E-state index is 13.0. The molecule has 1 aliphatic rings. The summed E-state index contributed by atoms with van der Waals surface area (Å²) >= 11 is 0. The minimum atomic E-state index is -4.84. The van der Waals surface area contributed by atoms with Gasteiger partial charge in [0.25, 0.3) is 0 Å². The van der Waals surface area contributed by atoms with Gasteiger partial charge in [0.1, 0.15) is 18.1 Å². The number of anilines is 2. The number of ether oxygens (including phenoxy) is 2. The van der Waals surface area contributed by atoms with Gasteiger partial charge in [-0.2, -0.15) is 18.2 Å². The van der Waals surface area contributed by atoms with E-state index in [0.29, 0.717) is 43.7 Å². The second-order valence-electron chi connectivity index (χ2n) is 8.04. The van der Waals surface area contributed by atoms with E-state index in [2.05, 4.69) is 25.5 Å². The number of halogens is 3. The topological polar surface area (TPSA) is 134 Å². The number of morpholine rings is 1. The molecular formula is C24H29F3N6O4. The zero-order valence-electron chi connectivity index (χ0n) is 20.4. The highest BCUT2D eigenvalue weighted by atomic mass is 19.4. The number of amides is 2. The van der Waals surface area contributed by atoms with Gasteiger partial charge in [-0.05, 0) is 41.8 Å². The maximum Gasteiger partial charge on any atom is 0.432 e. The number of carbonyl (C=O) groups excluding carboxylic acids is 1. The molecule has 1 saturated heterocycles. The van der Waals surface area contributed by atoms with E-state index in [1.54, 1.807) is 24.3 Å². The number of rotatable bonds is 8. The minimum absolute atomic E-state index is 0.0672. The molecule has 0 bridgehead atoms. The van der Waals surface area contributed by atoms with Crippen molar-refractivity contribution in [3.8, 4) is 17.0 Å². The van der Waals surface area contributed by atoms with Crippen LogP contribution in [0.2, 0.25) is 0 Å². The van der Waals surface area contributed by atoms with Crippen molar-refractivity contribution in [3.63, 3.8) is 0 Å². The SMILES string of the molecule is CN=C/C(NC(=O)Nc1ccc(C)c(-c2cc(OCCO)nc(N3CCOCC3)c2)c1)=C(\N)C(F)(F)F. The highest BCUT2D eigenvalue weighted by molar-refractivity contribution is 5.96. The summed E-state index contributed by atoms with van der Waals surface area (Å²) in [5, 5.41) is 13.8. The zero-order valence-corrected chi connectivity index (χ0v) is 20.4. The monoisotopic (exact) mass is 522 g/mol. The van der Waals surface area contributed by atoms with Crippen molar-refractivity contribution in [2.75, 3.05) is 56.8 Å². The van der Waals surface area contributed by atoms with Crippen molar-refractivity contribution in [2.24, 2.45) is 10.7 Å². The molecule has 200 valence electrons. The van der Waals surface area contributed by atoms with Gasteiger partial charge in [0.15, 0.2) is 0 Å². The number of nitrogens with one attached hydrogen (secondary N) is 2. The van der Waals surface area contributed by atoms with Crippen LogP contribution in [0.25, 0.3) is 11.1 Å². The Kier molecular flexibility index (Phi) is 9.31. The van der Waals surface area contributed by atoms with E-state index in [1.165, 1.54) is 7.05 Å². The molecule has 0 spiro atoms. The summed E-state index contributed by atoms with van der Waals surface area (Å²) in [7, 11) is 1.26. The molecule has 2 aromatic rings. The van der Waals surface area contributed by atoms with Crippen molar-refractivity contribution in [2.45, 2.75) is 13.1 Å². The third kappa shape index (κ3) is 7.57. The van der Waals surface area contributed by atoms with Crippen LogP contribution in [-0.2, 0) is 4.74 Å². The lowest BCUT2D eigenvalue weighted by Crippen LogP contribution is -2.36. The molecule has 1 aromatic heterocycles. The molecule has 13 heteroatoms. The van der Waals surface area contributed by atoms with Crippen LogP contribution in [0.1, 0.15) is 5.56 Å². The highest BCUT2D eigenvalue weighted by Gasteiger charge is 2.34. The smallest absolute Gasteiger partial charge is 0.432 e. The van der Waals surface area contributed by atoms with Gasteiger partial charge in [-0.25, -0.2) is 4.79 Å². The Morgan fingerprint density at radius 1 is 1.30 bits per heavy atom. The Labute approximate surface area is 212 Å². The number of aliphatic imine (C=N–C) groups is 1. The van der Waals surface area contributed by atoms with Gasteiger partial charge in [-0.1, -0.05) is 6.07 Å². The second kappa shape index (κ2) is 12.4. The summed E-state index contributed by atoms with van der Waals surface area (Å²) in [6.07, 6.45) is -4.02. The van der Waals surface area contributed by atoms with Crippen molar-refractivity contribution in [3.05, 3.63) is 47.3 Å². The number of carbonyl (C=O) groups is 1. The average molecular weight is 523 g/mol. The summed E-state index contributed by atoms with van der Waals surface area (Å²) in [6, 6.07) is 7.75. The van der Waals surface area contributed by atoms with Gasteiger partial charge in [0.2, 0.25) is 5.88 Å². The molecule has 0 unspecified atom stereocenters. The number of benzene rings is 1. The Bertz CT molecular complexity index is 1160. The third-order valence-corrected chi connectivity index (χ3v) is 5.37. The molecule has 0 aliphatic carbocycles. The fraction of sp³-hybridized carbons (Fsp3) is 0.375. The molecular weight excluding hydrogens is 493 g/mol. The molecule has 10 nitrogen and oxygen atoms in total. The van der Waals surface area contributed by atoms with Crippen LogP contribution in [0, 0.1) is 6.92 Å². The number of aliphatic hydroxyl groups is 1. The molecule has 1 fully saturated rings. The molecule has 3 rings (SSSR count). The van der Waals surface area contributed by atoms with Gasteiger partial charge in [0, 0.05) is 38.1 Å². The number of urea groups is 1. The van der Waals surface area contributed by atoms with Crippen LogP contribution < -0.4 is 26.0 Å². The van der Waals surface area contributed by atoms with Crippen LogP contribution in [0.3, 0.4) is 0 Å². The van der Waals surface area contributed by atoms with Crippen molar-refractivity contribution >= 4 is 23.8 Å². The predicted octanol–water partition coefficient (Wildman–Crippen LogP) is 2.82. The van der Waals surface area contributed by atoms with Crippen molar-refractivity contribution in [1.29, 1.82) is 0 Å². The summed E-state index contributed by atoms with van der Waals surface area (Å²) in [6.45, 7) is 4.19. The van der Waals surface area contributed by atoms with E-state index in [1.807, 2.05) is 13.0 Å². The highest BCUT2D eigenvalue weighted by Crippen LogP contribution is 2.32. The standard InChI is InChI=1S/C24H29F3N6O4/c1-15-3-4-17(30-23(35)31-19(14-29-2)22(28)24(25,26)27)13-18(15)16-11-20(33-5-8-36-9-6-33)32-21(12-16)37-10-7-34/h3-4,11-14,34H,5-10,28H2,1-2H3,(H2,30,31,35)/b22-19+,29-14?. The first-order valence-corrected chi connectivity index (χ1v) is 11.4. The average Bonchev–Trinajstić information content (AvgIpc) is 2.87. The molecule has 37 heavy (non-hydrogen) atoms. The van der Waals surface area contributed by atoms with Crippen LogP contribution in [0.4, 0.5) is 29.5 Å². The van der Waals surface area contributed by atoms with E-state index < -0.39 is 23.6 Å². The molecule has 1 aromatic carbocycles. The molecule has 5 N–H and O–H groups in total. The minimum Gasteiger partial charge on any atom is -0.475 e. The van der Waals surface area contributed by atoms with E-state index in [-0.39, 0.29) is 13.2 Å². The number of hydrogen-bond donors (Lipinski definition) is 4. The Hall–Kier alpha value is -3.84. The number of nitrogens with two attached hydrogens (primary N) is 1. The lowest BCUT2D eigenvalue weighted by atomic mass is 10.0. The number of hydrogen-bond acceptors (Lipinski definition) is 8. The first kappa shape index (κ1) is 27.7. The molecule has 0 atom stereocenters. The predicted molar refractivity (Wildman–Crippen MR) is 134 cm³/mol. The number of aliphatic hydroxyl groups excluding tert-OH is 1. The molecule has 0 radical (unpaired) electrons. The second-order valence-corrected chi connectivity index (χ2v) is 8.04. The van der Waals surface area contributed by atoms with E-state index >= 15 is 0 Å². The Balaban J connectivity index is 1.90. The van der Waals surface area contributed by atoms with Crippen molar-refractivity contribution in [1.82, 2.24) is 10.3 Å².